The van der Waals surface area contributed by atoms with Crippen molar-refractivity contribution in [1.29, 1.82) is 0 Å². The van der Waals surface area contributed by atoms with E-state index >= 15 is 0 Å². The molecule has 8 heteroatoms. The normalized spacial score (nSPS) is 12.5. The second-order valence-electron chi connectivity index (χ2n) is 6.52. The number of alkyl halides is 2. The van der Waals surface area contributed by atoms with Crippen LogP contribution in [0, 0.1) is 0 Å². The van der Waals surface area contributed by atoms with Gasteiger partial charge in [-0.3, -0.25) is 4.99 Å². The predicted octanol–water partition coefficient (Wildman–Crippen LogP) is 3.52. The first-order valence-corrected chi connectivity index (χ1v) is 9.90. The number of rotatable bonds is 11. The van der Waals surface area contributed by atoms with Crippen molar-refractivity contribution in [2.75, 3.05) is 26.7 Å². The molecule has 164 valence electrons. The Bertz CT molecular complexity index is 788. The van der Waals surface area contributed by atoms with Gasteiger partial charge in [0.1, 0.15) is 0 Å². The average molecular weight is 421 g/mol. The van der Waals surface area contributed by atoms with Gasteiger partial charge in [-0.15, -0.1) is 0 Å². The number of halogens is 2. The van der Waals surface area contributed by atoms with Gasteiger partial charge in [0.2, 0.25) is 0 Å². The van der Waals surface area contributed by atoms with Gasteiger partial charge in [0.15, 0.2) is 17.5 Å². The molecule has 0 aromatic heterocycles. The Balaban J connectivity index is 1.87. The monoisotopic (exact) mass is 421 g/mol. The molecule has 2 aromatic rings. The van der Waals surface area contributed by atoms with Gasteiger partial charge in [-0.2, -0.15) is 8.78 Å². The van der Waals surface area contributed by atoms with Crippen LogP contribution >= 0.6 is 0 Å². The van der Waals surface area contributed by atoms with Crippen LogP contribution in [-0.2, 0) is 6.42 Å². The van der Waals surface area contributed by atoms with Gasteiger partial charge in [-0.1, -0.05) is 36.4 Å². The smallest absolute Gasteiger partial charge is 0.387 e. The van der Waals surface area contributed by atoms with E-state index in [-0.39, 0.29) is 11.5 Å². The Morgan fingerprint density at radius 1 is 1.10 bits per heavy atom. The SMILES string of the molecule is CCNC(=NCCC(O)c1ccccc1)NCCc1ccc(OC)c(OC(F)F)c1. The maximum atomic E-state index is 12.6. The number of aliphatic hydroxyl groups excluding tert-OH is 1. The molecule has 3 N–H and O–H groups in total. The van der Waals surface area contributed by atoms with Gasteiger partial charge in [0.25, 0.3) is 0 Å². The molecule has 0 amide bonds. The van der Waals surface area contributed by atoms with Crippen molar-refractivity contribution in [1.82, 2.24) is 10.6 Å². The molecule has 1 unspecified atom stereocenters. The summed E-state index contributed by atoms with van der Waals surface area (Å²) in [4.78, 5) is 4.48. The first kappa shape index (κ1) is 23.4. The average Bonchev–Trinajstić information content (AvgIpc) is 2.74. The van der Waals surface area contributed by atoms with Crippen molar-refractivity contribution in [3.8, 4) is 11.5 Å². The highest BCUT2D eigenvalue weighted by molar-refractivity contribution is 5.79. The van der Waals surface area contributed by atoms with E-state index in [9.17, 15) is 13.9 Å². The van der Waals surface area contributed by atoms with Crippen molar-refractivity contribution in [2.45, 2.75) is 32.5 Å². The van der Waals surface area contributed by atoms with Crippen molar-refractivity contribution in [3.05, 3.63) is 59.7 Å². The zero-order chi connectivity index (χ0) is 21.8. The van der Waals surface area contributed by atoms with Crippen molar-refractivity contribution >= 4 is 5.96 Å². The Hall–Kier alpha value is -2.87. The molecule has 0 heterocycles. The zero-order valence-corrected chi connectivity index (χ0v) is 17.3. The molecule has 0 saturated carbocycles. The van der Waals surface area contributed by atoms with E-state index in [0.717, 1.165) is 11.1 Å². The fraction of sp³-hybridized carbons (Fsp3) is 0.409. The third-order valence-corrected chi connectivity index (χ3v) is 4.35. The third-order valence-electron chi connectivity index (χ3n) is 4.35. The minimum absolute atomic E-state index is 0.0143. The van der Waals surface area contributed by atoms with E-state index in [2.05, 4.69) is 20.4 Å². The number of benzene rings is 2. The van der Waals surface area contributed by atoms with Crippen molar-refractivity contribution in [2.24, 2.45) is 4.99 Å². The maximum absolute atomic E-state index is 12.6. The van der Waals surface area contributed by atoms with Crippen LogP contribution in [0.15, 0.2) is 53.5 Å². The molecule has 0 aliphatic carbocycles. The van der Waals surface area contributed by atoms with Crippen LogP contribution in [0.5, 0.6) is 11.5 Å². The lowest BCUT2D eigenvalue weighted by atomic mass is 10.1. The van der Waals surface area contributed by atoms with Crippen LogP contribution in [0.1, 0.15) is 30.6 Å². The van der Waals surface area contributed by atoms with Crippen LogP contribution in [-0.4, -0.2) is 44.4 Å². The van der Waals surface area contributed by atoms with Gasteiger partial charge in [0, 0.05) is 19.6 Å². The Morgan fingerprint density at radius 3 is 2.53 bits per heavy atom. The van der Waals surface area contributed by atoms with E-state index in [1.54, 1.807) is 18.2 Å². The molecular formula is C22H29F2N3O3. The fourth-order valence-electron chi connectivity index (χ4n) is 2.87. The highest BCUT2D eigenvalue weighted by Crippen LogP contribution is 2.29. The number of hydrogen-bond acceptors (Lipinski definition) is 4. The number of nitrogens with one attached hydrogen (secondary N) is 2. The number of hydrogen-bond donors (Lipinski definition) is 3. The molecule has 2 aromatic carbocycles. The van der Waals surface area contributed by atoms with E-state index in [1.165, 1.54) is 7.11 Å². The standard InChI is InChI=1S/C22H29F2N3O3/c1-3-25-22(27-14-12-18(28)17-7-5-4-6-8-17)26-13-11-16-9-10-19(29-2)20(15-16)30-21(23)24/h4-10,15,18,21,28H,3,11-14H2,1-2H3,(H2,25,26,27). The summed E-state index contributed by atoms with van der Waals surface area (Å²) < 4.78 is 34.7. The highest BCUT2D eigenvalue weighted by Gasteiger charge is 2.11. The molecule has 0 radical (unpaired) electrons. The van der Waals surface area contributed by atoms with Gasteiger partial charge in [-0.25, -0.2) is 0 Å². The molecule has 0 spiro atoms. The number of methoxy groups -OCH3 is 1. The molecule has 0 aliphatic heterocycles. The molecule has 1 atom stereocenters. The van der Waals surface area contributed by atoms with Crippen molar-refractivity contribution in [3.63, 3.8) is 0 Å². The Morgan fingerprint density at radius 2 is 1.87 bits per heavy atom. The van der Waals surface area contributed by atoms with E-state index in [4.69, 9.17) is 4.74 Å². The number of guanidine groups is 1. The summed E-state index contributed by atoms with van der Waals surface area (Å²) in [7, 11) is 1.41. The summed E-state index contributed by atoms with van der Waals surface area (Å²) in [5.74, 6) is 0.912. The molecule has 0 fully saturated rings. The lowest BCUT2D eigenvalue weighted by Gasteiger charge is -2.14. The van der Waals surface area contributed by atoms with Gasteiger partial charge >= 0.3 is 6.61 Å². The summed E-state index contributed by atoms with van der Waals surface area (Å²) in [5.41, 5.74) is 1.70. The second-order valence-corrected chi connectivity index (χ2v) is 6.52. The molecular weight excluding hydrogens is 392 g/mol. The molecule has 0 aliphatic rings. The van der Waals surface area contributed by atoms with Crippen LogP contribution < -0.4 is 20.1 Å². The van der Waals surface area contributed by atoms with Crippen LogP contribution in [0.3, 0.4) is 0 Å². The molecule has 30 heavy (non-hydrogen) atoms. The molecule has 2 rings (SSSR count). The number of aliphatic hydroxyl groups is 1. The Kier molecular flexibility index (Phi) is 9.86. The molecule has 0 bridgehead atoms. The lowest BCUT2D eigenvalue weighted by Crippen LogP contribution is -2.38. The van der Waals surface area contributed by atoms with Gasteiger partial charge in [0.05, 0.1) is 13.2 Å². The topological polar surface area (TPSA) is 75.1 Å². The van der Waals surface area contributed by atoms with E-state index in [1.807, 2.05) is 37.3 Å². The van der Waals surface area contributed by atoms with Crippen LogP contribution in [0.4, 0.5) is 8.78 Å². The van der Waals surface area contributed by atoms with Crippen LogP contribution in [0.2, 0.25) is 0 Å². The number of nitrogens with zero attached hydrogens (tertiary/aromatic N) is 1. The summed E-state index contributed by atoms with van der Waals surface area (Å²) in [6.07, 6.45) is 0.527. The summed E-state index contributed by atoms with van der Waals surface area (Å²) in [6.45, 7) is 0.759. The first-order valence-electron chi connectivity index (χ1n) is 9.90. The third kappa shape index (κ3) is 7.87. The molecule has 0 saturated heterocycles. The summed E-state index contributed by atoms with van der Waals surface area (Å²) in [5, 5.41) is 16.6. The first-order chi connectivity index (χ1) is 14.5. The summed E-state index contributed by atoms with van der Waals surface area (Å²) >= 11 is 0. The minimum atomic E-state index is -2.91. The lowest BCUT2D eigenvalue weighted by molar-refractivity contribution is -0.0512. The summed E-state index contributed by atoms with van der Waals surface area (Å²) in [6, 6.07) is 14.4. The highest BCUT2D eigenvalue weighted by atomic mass is 19.3. The predicted molar refractivity (Wildman–Crippen MR) is 113 cm³/mol. The van der Waals surface area contributed by atoms with Gasteiger partial charge in [-0.05, 0) is 43.0 Å². The van der Waals surface area contributed by atoms with E-state index < -0.39 is 12.7 Å². The maximum Gasteiger partial charge on any atom is 0.387 e. The number of aliphatic imine (C=N–C) groups is 1. The largest absolute Gasteiger partial charge is 0.493 e. The zero-order valence-electron chi connectivity index (χ0n) is 17.3. The number of ether oxygens (including phenoxy) is 2. The van der Waals surface area contributed by atoms with Gasteiger partial charge < -0.3 is 25.2 Å². The van der Waals surface area contributed by atoms with Crippen LogP contribution in [0.25, 0.3) is 0 Å². The fourth-order valence-corrected chi connectivity index (χ4v) is 2.87. The van der Waals surface area contributed by atoms with E-state index in [0.29, 0.717) is 38.4 Å². The Labute approximate surface area is 175 Å². The quantitative estimate of drug-likeness (QED) is 0.382. The molecule has 6 nitrogen and oxygen atoms in total. The minimum Gasteiger partial charge on any atom is -0.493 e. The van der Waals surface area contributed by atoms with Crippen molar-refractivity contribution < 1.29 is 23.4 Å². The second kappa shape index (κ2) is 12.6.